The molecule has 0 fully saturated rings. The van der Waals surface area contributed by atoms with E-state index in [0.717, 1.165) is 11.1 Å². The summed E-state index contributed by atoms with van der Waals surface area (Å²) in [6, 6.07) is 5.18. The molecule has 0 aliphatic heterocycles. The van der Waals surface area contributed by atoms with Crippen molar-refractivity contribution >= 4 is 12.1 Å². The average molecular weight is 282 g/mol. The van der Waals surface area contributed by atoms with Crippen LogP contribution >= 0.6 is 0 Å². The van der Waals surface area contributed by atoms with Gasteiger partial charge in [0.05, 0.1) is 17.2 Å². The molecule has 0 aliphatic rings. The van der Waals surface area contributed by atoms with Crippen LogP contribution in [0.3, 0.4) is 0 Å². The van der Waals surface area contributed by atoms with Crippen LogP contribution in [0.1, 0.15) is 35.3 Å². The summed E-state index contributed by atoms with van der Waals surface area (Å²) in [4.78, 5) is 31.1. The van der Waals surface area contributed by atoms with E-state index in [1.807, 2.05) is 33.8 Å². The fourth-order valence-electron chi connectivity index (χ4n) is 1.48. The van der Waals surface area contributed by atoms with E-state index in [9.17, 15) is 9.59 Å². The summed E-state index contributed by atoms with van der Waals surface area (Å²) in [5.74, 6) is -0.589. The molecular weight excluding hydrogens is 264 g/mol. The molecule has 0 aromatic heterocycles. The van der Waals surface area contributed by atoms with E-state index in [-0.39, 0.29) is 12.5 Å². The molecule has 0 atom stereocenters. The summed E-state index contributed by atoms with van der Waals surface area (Å²) in [5, 5.41) is 4.10. The summed E-state index contributed by atoms with van der Waals surface area (Å²) < 4.78 is 4.65. The van der Waals surface area contributed by atoms with Gasteiger partial charge in [-0.05, 0) is 31.9 Å². The van der Waals surface area contributed by atoms with Gasteiger partial charge in [-0.3, -0.25) is 4.89 Å². The second-order valence-electron chi connectivity index (χ2n) is 4.85. The van der Waals surface area contributed by atoms with Crippen LogP contribution in [0.4, 0.5) is 4.79 Å². The summed E-state index contributed by atoms with van der Waals surface area (Å²) in [6.07, 6.45) is -1.06. The van der Waals surface area contributed by atoms with Gasteiger partial charge in [-0.1, -0.05) is 31.0 Å². The van der Waals surface area contributed by atoms with Gasteiger partial charge in [0.2, 0.25) is 0 Å². The minimum absolute atomic E-state index is 0.167. The van der Waals surface area contributed by atoms with Crippen molar-refractivity contribution in [3.05, 3.63) is 34.9 Å². The topological polar surface area (TPSA) is 71.1 Å². The lowest BCUT2D eigenvalue weighted by atomic mass is 10.1. The number of aryl methyl sites for hydroxylation is 2. The van der Waals surface area contributed by atoms with Crippen molar-refractivity contribution in [2.75, 3.05) is 6.61 Å². The quantitative estimate of drug-likeness (QED) is 0.469. The minimum atomic E-state index is -1.06. The van der Waals surface area contributed by atoms with Gasteiger partial charge in [0.1, 0.15) is 0 Å². The molecule has 1 aromatic rings. The number of ether oxygens (including phenoxy) is 1. The van der Waals surface area contributed by atoms with Crippen molar-refractivity contribution in [1.29, 1.82) is 0 Å². The Labute approximate surface area is 117 Å². The maximum atomic E-state index is 11.6. The zero-order valence-electron chi connectivity index (χ0n) is 12.0. The number of hydrogen-bond acceptors (Lipinski definition) is 6. The number of carbonyl (C=O) groups excluding carboxylic acids is 2. The predicted octanol–water partition coefficient (Wildman–Crippen LogP) is 3.12. The van der Waals surface area contributed by atoms with Gasteiger partial charge in [-0.15, -0.1) is 0 Å². The summed E-state index contributed by atoms with van der Waals surface area (Å²) in [5.41, 5.74) is 2.13. The Bertz CT molecular complexity index is 460. The second-order valence-corrected chi connectivity index (χ2v) is 4.85. The maximum absolute atomic E-state index is 11.6. The molecule has 0 heterocycles. The summed E-state index contributed by atoms with van der Waals surface area (Å²) in [7, 11) is 0. The molecule has 6 nitrogen and oxygen atoms in total. The van der Waals surface area contributed by atoms with Crippen molar-refractivity contribution in [3.63, 3.8) is 0 Å². The molecule has 0 spiro atoms. The molecule has 0 radical (unpaired) electrons. The fraction of sp³-hybridized carbons (Fsp3) is 0.429. The molecule has 0 unspecified atom stereocenters. The first-order valence-corrected chi connectivity index (χ1v) is 6.19. The van der Waals surface area contributed by atoms with E-state index in [4.69, 9.17) is 0 Å². The Hall–Kier alpha value is -2.08. The molecule has 0 aliphatic carbocycles. The fourth-order valence-corrected chi connectivity index (χ4v) is 1.48. The summed E-state index contributed by atoms with van der Waals surface area (Å²) >= 11 is 0. The molecule has 1 aromatic carbocycles. The van der Waals surface area contributed by atoms with Crippen molar-refractivity contribution in [2.45, 2.75) is 27.7 Å². The molecule has 0 N–H and O–H groups in total. The first kappa shape index (κ1) is 16.0. The zero-order valence-corrected chi connectivity index (χ0v) is 12.0. The molecule has 110 valence electrons. The molecule has 0 saturated heterocycles. The molecule has 0 amide bonds. The Morgan fingerprint density at radius 3 is 2.20 bits per heavy atom. The molecule has 1 rings (SSSR count). The van der Waals surface area contributed by atoms with Gasteiger partial charge in [-0.2, -0.15) is 0 Å². The van der Waals surface area contributed by atoms with Crippen LogP contribution in [-0.4, -0.2) is 18.7 Å². The van der Waals surface area contributed by atoms with Gasteiger partial charge < -0.3 is 4.74 Å². The van der Waals surface area contributed by atoms with Crippen molar-refractivity contribution < 1.29 is 29.1 Å². The molecule has 6 heteroatoms. The van der Waals surface area contributed by atoms with Crippen LogP contribution in [-0.2, 0) is 19.6 Å². The first-order chi connectivity index (χ1) is 9.38. The Morgan fingerprint density at radius 2 is 1.65 bits per heavy atom. The van der Waals surface area contributed by atoms with E-state index in [1.165, 1.54) is 0 Å². The molecule has 0 saturated carbocycles. The van der Waals surface area contributed by atoms with Crippen molar-refractivity contribution in [3.8, 4) is 0 Å². The normalized spacial score (nSPS) is 10.2. The number of benzene rings is 1. The van der Waals surface area contributed by atoms with E-state index in [0.29, 0.717) is 5.56 Å². The largest absolute Gasteiger partial charge is 0.543 e. The van der Waals surface area contributed by atoms with Crippen LogP contribution in [0, 0.1) is 19.8 Å². The van der Waals surface area contributed by atoms with Gasteiger partial charge in [0, 0.05) is 0 Å². The Kier molecular flexibility index (Phi) is 5.99. The van der Waals surface area contributed by atoms with Crippen LogP contribution in [0.5, 0.6) is 0 Å². The third-order valence-electron chi connectivity index (χ3n) is 2.20. The maximum Gasteiger partial charge on any atom is 0.543 e. The second kappa shape index (κ2) is 7.49. The van der Waals surface area contributed by atoms with Crippen molar-refractivity contribution in [2.24, 2.45) is 5.92 Å². The van der Waals surface area contributed by atoms with Gasteiger partial charge in [0.15, 0.2) is 0 Å². The van der Waals surface area contributed by atoms with Gasteiger partial charge in [0.25, 0.3) is 0 Å². The highest BCUT2D eigenvalue weighted by Crippen LogP contribution is 2.10. The van der Waals surface area contributed by atoms with Crippen LogP contribution < -0.4 is 0 Å². The highest BCUT2D eigenvalue weighted by Gasteiger charge is 2.13. The molecular formula is C14H18O6. The van der Waals surface area contributed by atoms with Crippen LogP contribution in [0.2, 0.25) is 0 Å². The summed E-state index contributed by atoms with van der Waals surface area (Å²) in [6.45, 7) is 7.63. The van der Waals surface area contributed by atoms with Crippen molar-refractivity contribution in [1.82, 2.24) is 0 Å². The van der Waals surface area contributed by atoms with Gasteiger partial charge in [-0.25, -0.2) is 14.5 Å². The number of hydrogen-bond donors (Lipinski definition) is 0. The monoisotopic (exact) mass is 282 g/mol. The van der Waals surface area contributed by atoms with Gasteiger partial charge >= 0.3 is 12.1 Å². The predicted molar refractivity (Wildman–Crippen MR) is 69.7 cm³/mol. The highest BCUT2D eigenvalue weighted by molar-refractivity contribution is 5.89. The van der Waals surface area contributed by atoms with Crippen LogP contribution in [0.25, 0.3) is 0 Å². The molecule has 20 heavy (non-hydrogen) atoms. The average Bonchev–Trinajstić information content (AvgIpc) is 2.35. The highest BCUT2D eigenvalue weighted by atomic mass is 17.5. The Morgan fingerprint density at radius 1 is 1.05 bits per heavy atom. The third-order valence-corrected chi connectivity index (χ3v) is 2.20. The lowest BCUT2D eigenvalue weighted by molar-refractivity contribution is -0.452. The van der Waals surface area contributed by atoms with Crippen LogP contribution in [0.15, 0.2) is 18.2 Å². The lowest BCUT2D eigenvalue weighted by Crippen LogP contribution is -2.14. The van der Waals surface area contributed by atoms with E-state index in [1.54, 1.807) is 12.1 Å². The van der Waals surface area contributed by atoms with E-state index < -0.39 is 12.1 Å². The lowest BCUT2D eigenvalue weighted by Gasteiger charge is -2.06. The first-order valence-electron chi connectivity index (χ1n) is 6.19. The minimum Gasteiger partial charge on any atom is -0.432 e. The number of rotatable bonds is 5. The third kappa shape index (κ3) is 5.71. The van der Waals surface area contributed by atoms with E-state index in [2.05, 4.69) is 19.6 Å². The standard InChI is InChI=1S/C14H18O6/c1-9(2)8-17-14(16)19-20-18-13(15)12-6-10(3)5-11(4)7-12/h5-7,9H,8H2,1-4H3. The van der Waals surface area contributed by atoms with E-state index >= 15 is 0 Å². The Balaban J connectivity index is 2.38. The zero-order chi connectivity index (χ0) is 15.1. The molecule has 0 bridgehead atoms. The number of carbonyl (C=O) groups is 2. The SMILES string of the molecule is Cc1cc(C)cc(C(=O)OOOC(=O)OCC(C)C)c1. The smallest absolute Gasteiger partial charge is 0.432 e.